The van der Waals surface area contributed by atoms with Gasteiger partial charge >= 0.3 is 0 Å². The Labute approximate surface area is 89.4 Å². The Kier molecular flexibility index (Phi) is 5.68. The molecule has 2 heteroatoms. The van der Waals surface area contributed by atoms with Crippen molar-refractivity contribution in [2.75, 3.05) is 7.11 Å². The van der Waals surface area contributed by atoms with Crippen LogP contribution in [0.1, 0.15) is 48.0 Å². The van der Waals surface area contributed by atoms with E-state index in [-0.39, 0.29) is 5.60 Å². The first-order valence-electron chi connectivity index (χ1n) is 5.59. The fourth-order valence-corrected chi connectivity index (χ4v) is 1.52. The lowest BCUT2D eigenvalue weighted by atomic mass is 9.98. The smallest absolute Gasteiger partial charge is 0.0637 e. The molecule has 0 heterocycles. The van der Waals surface area contributed by atoms with Crippen LogP contribution in [0.4, 0.5) is 0 Å². The first kappa shape index (κ1) is 13.9. The molecule has 0 aliphatic heterocycles. The van der Waals surface area contributed by atoms with E-state index in [9.17, 15) is 0 Å². The van der Waals surface area contributed by atoms with Crippen LogP contribution in [0, 0.1) is 5.92 Å². The summed E-state index contributed by atoms with van der Waals surface area (Å²) >= 11 is 0. The van der Waals surface area contributed by atoms with E-state index < -0.39 is 0 Å². The summed E-state index contributed by atoms with van der Waals surface area (Å²) < 4.78 is 5.41. The van der Waals surface area contributed by atoms with E-state index in [1.165, 1.54) is 0 Å². The molecule has 0 saturated heterocycles. The lowest BCUT2D eigenvalue weighted by Crippen LogP contribution is -2.42. The molecular weight excluding hydrogens is 174 g/mol. The van der Waals surface area contributed by atoms with Crippen molar-refractivity contribution >= 4 is 0 Å². The molecule has 1 N–H and O–H groups in total. The largest absolute Gasteiger partial charge is 0.379 e. The monoisotopic (exact) mass is 201 g/mol. The normalized spacial score (nSPS) is 17.1. The van der Waals surface area contributed by atoms with E-state index in [2.05, 4.69) is 46.9 Å². The van der Waals surface area contributed by atoms with Crippen LogP contribution in [0.3, 0.4) is 0 Å². The molecule has 0 bridgehead atoms. The molecule has 0 aliphatic carbocycles. The molecule has 2 atom stereocenters. The van der Waals surface area contributed by atoms with Gasteiger partial charge in [0.1, 0.15) is 0 Å². The van der Waals surface area contributed by atoms with Crippen molar-refractivity contribution in [3.05, 3.63) is 0 Å². The van der Waals surface area contributed by atoms with Crippen molar-refractivity contribution < 1.29 is 4.74 Å². The molecule has 0 aromatic heterocycles. The number of ether oxygens (including phenoxy) is 1. The Morgan fingerprint density at radius 2 is 1.64 bits per heavy atom. The minimum atomic E-state index is -0.0247. The van der Waals surface area contributed by atoms with Gasteiger partial charge in [-0.1, -0.05) is 13.8 Å². The highest BCUT2D eigenvalue weighted by atomic mass is 16.5. The third-order valence-electron chi connectivity index (χ3n) is 2.90. The summed E-state index contributed by atoms with van der Waals surface area (Å²) in [6.45, 7) is 13.2. The molecule has 0 aromatic carbocycles. The Morgan fingerprint density at radius 1 is 1.14 bits per heavy atom. The Morgan fingerprint density at radius 3 is 2.00 bits per heavy atom. The molecule has 2 unspecified atom stereocenters. The second kappa shape index (κ2) is 5.72. The fourth-order valence-electron chi connectivity index (χ4n) is 1.52. The van der Waals surface area contributed by atoms with Gasteiger partial charge in [0.2, 0.25) is 0 Å². The van der Waals surface area contributed by atoms with Gasteiger partial charge in [0.15, 0.2) is 0 Å². The highest BCUT2D eigenvalue weighted by Gasteiger charge is 2.21. The first-order valence-corrected chi connectivity index (χ1v) is 5.59. The first-order chi connectivity index (χ1) is 6.28. The predicted octanol–water partition coefficient (Wildman–Crippen LogP) is 2.82. The van der Waals surface area contributed by atoms with Crippen LogP contribution in [0.2, 0.25) is 0 Å². The average molecular weight is 201 g/mol. The number of nitrogens with one attached hydrogen (secondary N) is 1. The predicted molar refractivity (Wildman–Crippen MR) is 62.6 cm³/mol. The Bertz CT molecular complexity index is 154. The SMILES string of the molecule is COC(C)(C)CC(C)NC(C)C(C)C. The minimum absolute atomic E-state index is 0.0247. The van der Waals surface area contributed by atoms with E-state index >= 15 is 0 Å². The molecule has 0 aromatic rings. The van der Waals surface area contributed by atoms with Crippen molar-refractivity contribution in [2.24, 2.45) is 5.92 Å². The van der Waals surface area contributed by atoms with Gasteiger partial charge in [-0.2, -0.15) is 0 Å². The van der Waals surface area contributed by atoms with E-state index in [0.717, 1.165) is 6.42 Å². The Balaban J connectivity index is 3.92. The summed E-state index contributed by atoms with van der Waals surface area (Å²) in [4.78, 5) is 0. The van der Waals surface area contributed by atoms with Crippen molar-refractivity contribution in [1.82, 2.24) is 5.32 Å². The molecule has 86 valence electrons. The van der Waals surface area contributed by atoms with Gasteiger partial charge in [-0.25, -0.2) is 0 Å². The summed E-state index contributed by atoms with van der Waals surface area (Å²) in [5, 5.41) is 3.59. The van der Waals surface area contributed by atoms with Gasteiger partial charge in [0, 0.05) is 19.2 Å². The van der Waals surface area contributed by atoms with Crippen molar-refractivity contribution in [1.29, 1.82) is 0 Å². The standard InChI is InChI=1S/C12H27NO/c1-9(2)11(4)13-10(3)8-12(5,6)14-7/h9-11,13H,8H2,1-7H3. The quantitative estimate of drug-likeness (QED) is 0.713. The van der Waals surface area contributed by atoms with E-state index in [0.29, 0.717) is 18.0 Å². The highest BCUT2D eigenvalue weighted by molar-refractivity contribution is 4.78. The van der Waals surface area contributed by atoms with Crippen LogP contribution in [0.25, 0.3) is 0 Å². The third kappa shape index (κ3) is 5.61. The van der Waals surface area contributed by atoms with Crippen LogP contribution < -0.4 is 5.32 Å². The van der Waals surface area contributed by atoms with Crippen LogP contribution in [0.5, 0.6) is 0 Å². The minimum Gasteiger partial charge on any atom is -0.379 e. The average Bonchev–Trinajstić information content (AvgIpc) is 2.02. The summed E-state index contributed by atoms with van der Waals surface area (Å²) in [6.07, 6.45) is 1.04. The highest BCUT2D eigenvalue weighted by Crippen LogP contribution is 2.16. The van der Waals surface area contributed by atoms with E-state index in [1.54, 1.807) is 7.11 Å². The van der Waals surface area contributed by atoms with Gasteiger partial charge in [-0.05, 0) is 40.0 Å². The molecule has 0 saturated carbocycles. The lowest BCUT2D eigenvalue weighted by molar-refractivity contribution is 0.00741. The van der Waals surface area contributed by atoms with Gasteiger partial charge in [-0.15, -0.1) is 0 Å². The number of hydrogen-bond acceptors (Lipinski definition) is 2. The summed E-state index contributed by atoms with van der Waals surface area (Å²) in [5.74, 6) is 0.683. The molecule has 0 aliphatic rings. The zero-order valence-corrected chi connectivity index (χ0v) is 10.8. The fraction of sp³-hybridized carbons (Fsp3) is 1.00. The maximum Gasteiger partial charge on any atom is 0.0637 e. The molecule has 0 radical (unpaired) electrons. The number of hydrogen-bond donors (Lipinski definition) is 1. The molecule has 0 amide bonds. The van der Waals surface area contributed by atoms with Crippen LogP contribution in [0.15, 0.2) is 0 Å². The van der Waals surface area contributed by atoms with Crippen LogP contribution in [-0.4, -0.2) is 24.8 Å². The van der Waals surface area contributed by atoms with Crippen LogP contribution >= 0.6 is 0 Å². The van der Waals surface area contributed by atoms with Gasteiger partial charge in [0.25, 0.3) is 0 Å². The van der Waals surface area contributed by atoms with Gasteiger partial charge in [0.05, 0.1) is 5.60 Å². The van der Waals surface area contributed by atoms with E-state index in [1.807, 2.05) is 0 Å². The van der Waals surface area contributed by atoms with Crippen molar-refractivity contribution in [3.63, 3.8) is 0 Å². The third-order valence-corrected chi connectivity index (χ3v) is 2.90. The summed E-state index contributed by atoms with van der Waals surface area (Å²) in [5.41, 5.74) is -0.0247. The van der Waals surface area contributed by atoms with Gasteiger partial charge < -0.3 is 10.1 Å². The maximum absolute atomic E-state index is 5.41. The second-order valence-corrected chi connectivity index (χ2v) is 5.27. The van der Waals surface area contributed by atoms with Crippen LogP contribution in [-0.2, 0) is 4.74 Å². The van der Waals surface area contributed by atoms with E-state index in [4.69, 9.17) is 4.74 Å². The van der Waals surface area contributed by atoms with Gasteiger partial charge in [-0.3, -0.25) is 0 Å². The zero-order chi connectivity index (χ0) is 11.4. The molecule has 14 heavy (non-hydrogen) atoms. The summed E-state index contributed by atoms with van der Waals surface area (Å²) in [6, 6.07) is 1.07. The Hall–Kier alpha value is -0.0800. The van der Waals surface area contributed by atoms with Crippen molar-refractivity contribution in [2.45, 2.75) is 65.6 Å². The number of methoxy groups -OCH3 is 1. The van der Waals surface area contributed by atoms with Crippen molar-refractivity contribution in [3.8, 4) is 0 Å². The zero-order valence-electron chi connectivity index (χ0n) is 10.8. The molecule has 2 nitrogen and oxygen atoms in total. The molecular formula is C12H27NO. The second-order valence-electron chi connectivity index (χ2n) is 5.27. The molecule has 0 spiro atoms. The molecule has 0 rings (SSSR count). The molecule has 0 fully saturated rings. The maximum atomic E-state index is 5.41. The number of rotatable bonds is 6. The lowest BCUT2D eigenvalue weighted by Gasteiger charge is -2.30. The topological polar surface area (TPSA) is 21.3 Å². The summed E-state index contributed by atoms with van der Waals surface area (Å²) in [7, 11) is 1.78.